The molecule has 1 fully saturated rings. The summed E-state index contributed by atoms with van der Waals surface area (Å²) in [6.07, 6.45) is 0.620. The summed E-state index contributed by atoms with van der Waals surface area (Å²) in [5, 5.41) is 3.85. The van der Waals surface area contributed by atoms with Crippen LogP contribution in [0.2, 0.25) is 0 Å². The lowest BCUT2D eigenvalue weighted by Crippen LogP contribution is -2.53. The normalized spacial score (nSPS) is 18.7. The van der Waals surface area contributed by atoms with E-state index in [1.807, 2.05) is 14.0 Å². The molecule has 1 aromatic rings. The van der Waals surface area contributed by atoms with E-state index in [0.717, 1.165) is 26.2 Å². The van der Waals surface area contributed by atoms with Crippen molar-refractivity contribution in [3.05, 3.63) is 11.7 Å². The van der Waals surface area contributed by atoms with Crippen molar-refractivity contribution in [2.75, 3.05) is 46.8 Å². The minimum atomic E-state index is -0.0734. The number of nitrogens with zero attached hydrogens (tertiary/aromatic N) is 5. The first kappa shape index (κ1) is 15.9. The summed E-state index contributed by atoms with van der Waals surface area (Å²) in [6.45, 7) is 8.29. The SMILES string of the molecule is Cc1nc(CCN(C)C(=O)[C@H](C)N2CCN(C)CC2)no1. The molecule has 0 N–H and O–H groups in total. The molecule has 7 nitrogen and oxygen atoms in total. The van der Waals surface area contributed by atoms with E-state index in [1.54, 1.807) is 11.8 Å². The van der Waals surface area contributed by atoms with Crippen LogP contribution in [0.25, 0.3) is 0 Å². The van der Waals surface area contributed by atoms with Crippen molar-refractivity contribution in [2.24, 2.45) is 0 Å². The topological polar surface area (TPSA) is 65.7 Å². The van der Waals surface area contributed by atoms with Crippen LogP contribution in [0.4, 0.5) is 0 Å². The number of carbonyl (C=O) groups is 1. The smallest absolute Gasteiger partial charge is 0.239 e. The molecule has 0 aromatic carbocycles. The molecule has 0 saturated carbocycles. The van der Waals surface area contributed by atoms with Gasteiger partial charge in [-0.1, -0.05) is 5.16 Å². The molecule has 1 saturated heterocycles. The summed E-state index contributed by atoms with van der Waals surface area (Å²) in [4.78, 5) is 22.9. The van der Waals surface area contributed by atoms with E-state index < -0.39 is 0 Å². The van der Waals surface area contributed by atoms with E-state index in [9.17, 15) is 4.79 Å². The molecule has 1 aliphatic rings. The third kappa shape index (κ3) is 4.25. The number of rotatable bonds is 5. The average molecular weight is 295 g/mol. The molecule has 0 spiro atoms. The van der Waals surface area contributed by atoms with Gasteiger partial charge in [0.05, 0.1) is 6.04 Å². The van der Waals surface area contributed by atoms with Gasteiger partial charge in [-0.15, -0.1) is 0 Å². The molecule has 118 valence electrons. The summed E-state index contributed by atoms with van der Waals surface area (Å²) in [7, 11) is 3.95. The molecule has 1 aliphatic heterocycles. The third-order valence-corrected chi connectivity index (χ3v) is 4.06. The van der Waals surface area contributed by atoms with Gasteiger partial charge in [0.25, 0.3) is 0 Å². The lowest BCUT2D eigenvalue weighted by molar-refractivity contribution is -0.135. The number of hydrogen-bond acceptors (Lipinski definition) is 6. The first-order chi connectivity index (χ1) is 9.97. The van der Waals surface area contributed by atoms with Crippen molar-refractivity contribution in [1.82, 2.24) is 24.8 Å². The zero-order chi connectivity index (χ0) is 15.4. The summed E-state index contributed by atoms with van der Waals surface area (Å²) in [6, 6.07) is -0.0734. The molecule has 0 aliphatic carbocycles. The molecule has 0 unspecified atom stereocenters. The molecule has 0 radical (unpaired) electrons. The van der Waals surface area contributed by atoms with Crippen molar-refractivity contribution in [3.8, 4) is 0 Å². The molecule has 2 heterocycles. The van der Waals surface area contributed by atoms with Crippen LogP contribution >= 0.6 is 0 Å². The lowest BCUT2D eigenvalue weighted by Gasteiger charge is -2.37. The third-order valence-electron chi connectivity index (χ3n) is 4.06. The molecular formula is C14H25N5O2. The second-order valence-corrected chi connectivity index (χ2v) is 5.75. The monoisotopic (exact) mass is 295 g/mol. The van der Waals surface area contributed by atoms with Gasteiger partial charge in [-0.2, -0.15) is 4.98 Å². The fraction of sp³-hybridized carbons (Fsp3) is 0.786. The van der Waals surface area contributed by atoms with E-state index in [0.29, 0.717) is 24.7 Å². The maximum absolute atomic E-state index is 12.5. The highest BCUT2D eigenvalue weighted by Gasteiger charge is 2.26. The first-order valence-corrected chi connectivity index (χ1v) is 7.44. The minimum Gasteiger partial charge on any atom is -0.344 e. The van der Waals surface area contributed by atoms with Crippen LogP contribution in [-0.2, 0) is 11.2 Å². The first-order valence-electron chi connectivity index (χ1n) is 7.44. The Morgan fingerprint density at radius 3 is 2.62 bits per heavy atom. The van der Waals surface area contributed by atoms with Crippen LogP contribution < -0.4 is 0 Å². The van der Waals surface area contributed by atoms with Gasteiger partial charge in [-0.05, 0) is 14.0 Å². The minimum absolute atomic E-state index is 0.0734. The molecule has 1 amide bonds. The number of piperazine rings is 1. The van der Waals surface area contributed by atoms with E-state index in [4.69, 9.17) is 4.52 Å². The lowest BCUT2D eigenvalue weighted by atomic mass is 10.2. The Balaban J connectivity index is 1.80. The Hall–Kier alpha value is -1.47. The number of amides is 1. The summed E-state index contributed by atoms with van der Waals surface area (Å²) in [5.74, 6) is 1.36. The predicted octanol–water partition coefficient (Wildman–Crippen LogP) is 0.0148. The van der Waals surface area contributed by atoms with Gasteiger partial charge in [0.1, 0.15) is 0 Å². The highest BCUT2D eigenvalue weighted by molar-refractivity contribution is 5.81. The Kier molecular flexibility index (Phi) is 5.30. The number of aromatic nitrogens is 2. The molecule has 1 atom stereocenters. The standard InChI is InChI=1S/C14H25N5O2/c1-11(19-9-7-17(3)8-10-19)14(20)18(4)6-5-13-15-12(2)21-16-13/h11H,5-10H2,1-4H3/t11-/m0/s1. The zero-order valence-corrected chi connectivity index (χ0v) is 13.4. The second-order valence-electron chi connectivity index (χ2n) is 5.75. The van der Waals surface area contributed by atoms with Gasteiger partial charge >= 0.3 is 0 Å². The number of likely N-dealkylation sites (N-methyl/N-ethyl adjacent to an activating group) is 2. The summed E-state index contributed by atoms with van der Waals surface area (Å²) >= 11 is 0. The van der Waals surface area contributed by atoms with E-state index in [1.165, 1.54) is 0 Å². The zero-order valence-electron chi connectivity index (χ0n) is 13.4. The number of aryl methyl sites for hydroxylation is 1. The maximum Gasteiger partial charge on any atom is 0.239 e. The van der Waals surface area contributed by atoms with Crippen molar-refractivity contribution in [3.63, 3.8) is 0 Å². The average Bonchev–Trinajstić information content (AvgIpc) is 2.89. The highest BCUT2D eigenvalue weighted by atomic mass is 16.5. The molecule has 21 heavy (non-hydrogen) atoms. The maximum atomic E-state index is 12.5. The van der Waals surface area contributed by atoms with Crippen molar-refractivity contribution in [1.29, 1.82) is 0 Å². The van der Waals surface area contributed by atoms with Gasteiger partial charge in [-0.25, -0.2) is 0 Å². The Bertz CT molecular complexity index is 468. The van der Waals surface area contributed by atoms with Gasteiger partial charge in [0.2, 0.25) is 11.8 Å². The van der Waals surface area contributed by atoms with Crippen LogP contribution in [-0.4, -0.2) is 83.6 Å². The summed E-state index contributed by atoms with van der Waals surface area (Å²) in [5.41, 5.74) is 0. The fourth-order valence-corrected chi connectivity index (χ4v) is 2.51. The van der Waals surface area contributed by atoms with Crippen molar-refractivity contribution in [2.45, 2.75) is 26.3 Å². The van der Waals surface area contributed by atoms with Crippen LogP contribution in [0.5, 0.6) is 0 Å². The van der Waals surface area contributed by atoms with Crippen LogP contribution in [0.3, 0.4) is 0 Å². The van der Waals surface area contributed by atoms with E-state index >= 15 is 0 Å². The molecule has 0 bridgehead atoms. The predicted molar refractivity (Wildman–Crippen MR) is 78.9 cm³/mol. The number of carbonyl (C=O) groups excluding carboxylic acids is 1. The van der Waals surface area contributed by atoms with Gasteiger partial charge in [-0.3, -0.25) is 9.69 Å². The quantitative estimate of drug-likeness (QED) is 0.763. The Morgan fingerprint density at radius 1 is 1.38 bits per heavy atom. The molecule has 1 aromatic heterocycles. The molecular weight excluding hydrogens is 270 g/mol. The van der Waals surface area contributed by atoms with E-state index in [-0.39, 0.29) is 11.9 Å². The second kappa shape index (κ2) is 7.00. The molecule has 7 heteroatoms. The Labute approximate surface area is 125 Å². The largest absolute Gasteiger partial charge is 0.344 e. The number of hydrogen-bond donors (Lipinski definition) is 0. The highest BCUT2D eigenvalue weighted by Crippen LogP contribution is 2.08. The van der Waals surface area contributed by atoms with Crippen LogP contribution in [0.15, 0.2) is 4.52 Å². The Morgan fingerprint density at radius 2 is 2.05 bits per heavy atom. The fourth-order valence-electron chi connectivity index (χ4n) is 2.51. The van der Waals surface area contributed by atoms with Gasteiger partial charge in [0.15, 0.2) is 5.82 Å². The molecule has 2 rings (SSSR count). The van der Waals surface area contributed by atoms with E-state index in [2.05, 4.69) is 27.0 Å². The van der Waals surface area contributed by atoms with Gasteiger partial charge < -0.3 is 14.3 Å². The van der Waals surface area contributed by atoms with Crippen molar-refractivity contribution < 1.29 is 9.32 Å². The summed E-state index contributed by atoms with van der Waals surface area (Å²) < 4.78 is 4.93. The van der Waals surface area contributed by atoms with Gasteiger partial charge in [0, 0.05) is 53.1 Å². The van der Waals surface area contributed by atoms with Crippen LogP contribution in [0, 0.1) is 6.92 Å². The van der Waals surface area contributed by atoms with Crippen LogP contribution in [0.1, 0.15) is 18.6 Å². The van der Waals surface area contributed by atoms with Crippen molar-refractivity contribution >= 4 is 5.91 Å².